The standard InChI is InChI=1S/C28H20N4S/c1-15-29-14-25(30-15)21-6-5-17-11-18(3-4-19(17)12-21)20-7-8-22-24(13-20)28-23(9-10-33-28)27-26(22)31-16(2)32-27/h3-14H,1-2H3,(H,29,30)(H,31,32). The van der Waals surface area contributed by atoms with Gasteiger partial charge in [0.1, 0.15) is 11.6 Å². The molecular formula is C28H20N4S. The van der Waals surface area contributed by atoms with Crippen LogP contribution in [0.3, 0.4) is 0 Å². The number of nitrogens with one attached hydrogen (secondary N) is 2. The van der Waals surface area contributed by atoms with E-state index in [-0.39, 0.29) is 0 Å². The SMILES string of the molecule is Cc1ncc(-c2ccc3cc(-c4ccc5c(c4)c4sccc4c4nc(C)[nH]c54)ccc3c2)[nH]1. The lowest BCUT2D eigenvalue weighted by molar-refractivity contribution is 1.15. The lowest BCUT2D eigenvalue weighted by Crippen LogP contribution is -1.84. The van der Waals surface area contributed by atoms with Gasteiger partial charge in [-0.15, -0.1) is 11.3 Å². The van der Waals surface area contributed by atoms with E-state index in [4.69, 9.17) is 4.98 Å². The Morgan fingerprint density at radius 1 is 0.697 bits per heavy atom. The van der Waals surface area contributed by atoms with Crippen LogP contribution in [0, 0.1) is 13.8 Å². The van der Waals surface area contributed by atoms with Gasteiger partial charge >= 0.3 is 0 Å². The topological polar surface area (TPSA) is 57.4 Å². The van der Waals surface area contributed by atoms with Gasteiger partial charge in [0.25, 0.3) is 0 Å². The number of hydrogen-bond donors (Lipinski definition) is 2. The minimum atomic E-state index is 0.930. The van der Waals surface area contributed by atoms with E-state index in [9.17, 15) is 0 Å². The monoisotopic (exact) mass is 444 g/mol. The van der Waals surface area contributed by atoms with Crippen LogP contribution >= 0.6 is 11.3 Å². The lowest BCUT2D eigenvalue weighted by Gasteiger charge is -2.09. The second kappa shape index (κ2) is 6.77. The highest BCUT2D eigenvalue weighted by Gasteiger charge is 2.14. The summed E-state index contributed by atoms with van der Waals surface area (Å²) in [5.41, 5.74) is 6.84. The third kappa shape index (κ3) is 2.82. The molecule has 5 heteroatoms. The maximum atomic E-state index is 4.75. The van der Waals surface area contributed by atoms with E-state index < -0.39 is 0 Å². The minimum absolute atomic E-state index is 0.930. The summed E-state index contributed by atoms with van der Waals surface area (Å²) in [6.07, 6.45) is 1.89. The highest BCUT2D eigenvalue weighted by molar-refractivity contribution is 7.18. The average Bonchev–Trinajstić information content (AvgIpc) is 3.57. The molecule has 0 aliphatic rings. The van der Waals surface area contributed by atoms with Crippen molar-refractivity contribution in [3.63, 3.8) is 0 Å². The van der Waals surface area contributed by atoms with Crippen LogP contribution in [0.5, 0.6) is 0 Å². The van der Waals surface area contributed by atoms with E-state index in [1.54, 1.807) is 11.3 Å². The summed E-state index contributed by atoms with van der Waals surface area (Å²) in [4.78, 5) is 15.9. The molecule has 0 radical (unpaired) electrons. The van der Waals surface area contributed by atoms with Crippen molar-refractivity contribution in [1.29, 1.82) is 0 Å². The van der Waals surface area contributed by atoms with Gasteiger partial charge in [-0.3, -0.25) is 0 Å². The van der Waals surface area contributed by atoms with Crippen LogP contribution in [-0.4, -0.2) is 19.9 Å². The first-order valence-electron chi connectivity index (χ1n) is 11.0. The van der Waals surface area contributed by atoms with Crippen molar-refractivity contribution in [3.8, 4) is 22.4 Å². The van der Waals surface area contributed by atoms with Crippen molar-refractivity contribution in [1.82, 2.24) is 19.9 Å². The zero-order valence-electron chi connectivity index (χ0n) is 18.2. The van der Waals surface area contributed by atoms with Crippen molar-refractivity contribution >= 4 is 54.0 Å². The summed E-state index contributed by atoms with van der Waals surface area (Å²) in [6, 6.07) is 22.3. The molecule has 0 atom stereocenters. The number of aromatic nitrogens is 4. The van der Waals surface area contributed by atoms with Gasteiger partial charge in [0.15, 0.2) is 0 Å². The molecule has 158 valence electrons. The summed E-state index contributed by atoms with van der Waals surface area (Å²) in [6.45, 7) is 4.00. The molecule has 0 unspecified atom stereocenters. The number of hydrogen-bond acceptors (Lipinski definition) is 3. The van der Waals surface area contributed by atoms with Crippen LogP contribution in [0.25, 0.3) is 65.0 Å². The number of aromatic amines is 2. The number of imidazole rings is 2. The Kier molecular flexibility index (Phi) is 3.81. The number of thiophene rings is 1. The number of fused-ring (bicyclic) bond motifs is 7. The Labute approximate surface area is 194 Å². The molecule has 0 aliphatic heterocycles. The van der Waals surface area contributed by atoms with Gasteiger partial charge < -0.3 is 9.97 Å². The lowest BCUT2D eigenvalue weighted by atomic mass is 9.96. The van der Waals surface area contributed by atoms with Crippen molar-refractivity contribution in [3.05, 3.63) is 83.9 Å². The Bertz CT molecular complexity index is 1850. The molecule has 0 bridgehead atoms. The molecule has 0 saturated carbocycles. The van der Waals surface area contributed by atoms with Gasteiger partial charge in [-0.25, -0.2) is 9.97 Å². The molecular weight excluding hydrogens is 424 g/mol. The molecule has 7 aromatic rings. The van der Waals surface area contributed by atoms with E-state index in [0.717, 1.165) is 33.9 Å². The zero-order chi connectivity index (χ0) is 22.1. The Morgan fingerprint density at radius 2 is 1.45 bits per heavy atom. The van der Waals surface area contributed by atoms with Crippen LogP contribution in [0.15, 0.2) is 72.2 Å². The van der Waals surface area contributed by atoms with Gasteiger partial charge in [-0.2, -0.15) is 0 Å². The van der Waals surface area contributed by atoms with Crippen molar-refractivity contribution in [2.45, 2.75) is 13.8 Å². The van der Waals surface area contributed by atoms with Gasteiger partial charge in [-0.05, 0) is 65.4 Å². The molecule has 3 heterocycles. The molecule has 4 nitrogen and oxygen atoms in total. The second-order valence-corrected chi connectivity index (χ2v) is 9.54. The first-order chi connectivity index (χ1) is 16.1. The molecule has 3 aromatic heterocycles. The van der Waals surface area contributed by atoms with Gasteiger partial charge in [-0.1, -0.05) is 36.4 Å². The number of rotatable bonds is 2. The van der Waals surface area contributed by atoms with Crippen LogP contribution in [0.1, 0.15) is 11.6 Å². The van der Waals surface area contributed by atoms with Gasteiger partial charge in [0, 0.05) is 26.4 Å². The third-order valence-electron chi connectivity index (χ3n) is 6.46. The van der Waals surface area contributed by atoms with Crippen LogP contribution in [0.4, 0.5) is 0 Å². The van der Waals surface area contributed by atoms with Crippen LogP contribution in [-0.2, 0) is 0 Å². The number of H-pyrrole nitrogens is 2. The number of benzene rings is 4. The fourth-order valence-corrected chi connectivity index (χ4v) is 5.80. The molecule has 0 aliphatic carbocycles. The maximum Gasteiger partial charge on any atom is 0.104 e. The normalized spacial score (nSPS) is 11.9. The van der Waals surface area contributed by atoms with Crippen molar-refractivity contribution in [2.75, 3.05) is 0 Å². The summed E-state index contributed by atoms with van der Waals surface area (Å²) in [7, 11) is 0. The Hall–Kier alpha value is -3.96. The number of aryl methyl sites for hydroxylation is 2. The average molecular weight is 445 g/mol. The Morgan fingerprint density at radius 3 is 2.27 bits per heavy atom. The first kappa shape index (κ1) is 18.6. The van der Waals surface area contributed by atoms with Crippen LogP contribution in [0.2, 0.25) is 0 Å². The quantitative estimate of drug-likeness (QED) is 0.286. The summed E-state index contributed by atoms with van der Waals surface area (Å²) < 4.78 is 1.30. The molecule has 0 spiro atoms. The smallest absolute Gasteiger partial charge is 0.104 e. The Balaban J connectivity index is 1.39. The van der Waals surface area contributed by atoms with E-state index >= 15 is 0 Å². The van der Waals surface area contributed by atoms with Gasteiger partial charge in [0.2, 0.25) is 0 Å². The van der Waals surface area contributed by atoms with E-state index in [1.807, 2.05) is 20.0 Å². The summed E-state index contributed by atoms with van der Waals surface area (Å²) >= 11 is 1.79. The maximum absolute atomic E-state index is 4.75. The molecule has 2 N–H and O–H groups in total. The fraction of sp³-hybridized carbons (Fsp3) is 0.0714. The van der Waals surface area contributed by atoms with Gasteiger partial charge in [0.05, 0.1) is 22.9 Å². The van der Waals surface area contributed by atoms with Crippen molar-refractivity contribution in [2.24, 2.45) is 0 Å². The van der Waals surface area contributed by atoms with E-state index in [0.29, 0.717) is 0 Å². The third-order valence-corrected chi connectivity index (χ3v) is 7.41. The predicted molar refractivity (Wildman–Crippen MR) is 139 cm³/mol. The largest absolute Gasteiger partial charge is 0.342 e. The highest BCUT2D eigenvalue weighted by atomic mass is 32.1. The fourth-order valence-electron chi connectivity index (χ4n) is 4.88. The summed E-state index contributed by atoms with van der Waals surface area (Å²) in [5, 5.41) is 8.34. The molecule has 0 amide bonds. The zero-order valence-corrected chi connectivity index (χ0v) is 19.0. The molecule has 0 fully saturated rings. The molecule has 7 rings (SSSR count). The number of nitrogens with zero attached hydrogens (tertiary/aromatic N) is 2. The molecule has 33 heavy (non-hydrogen) atoms. The molecule has 0 saturated heterocycles. The molecule has 4 aromatic carbocycles. The first-order valence-corrected chi connectivity index (χ1v) is 11.9. The summed E-state index contributed by atoms with van der Waals surface area (Å²) in [5.74, 6) is 1.88. The van der Waals surface area contributed by atoms with E-state index in [1.165, 1.54) is 42.8 Å². The highest BCUT2D eigenvalue weighted by Crippen LogP contribution is 2.39. The van der Waals surface area contributed by atoms with Crippen molar-refractivity contribution < 1.29 is 0 Å². The van der Waals surface area contributed by atoms with Crippen LogP contribution < -0.4 is 0 Å². The van der Waals surface area contributed by atoms with E-state index in [2.05, 4.69) is 81.0 Å². The minimum Gasteiger partial charge on any atom is -0.342 e. The predicted octanol–water partition coefficient (Wildman–Crippen LogP) is 7.76. The second-order valence-electron chi connectivity index (χ2n) is 8.63.